The van der Waals surface area contributed by atoms with Gasteiger partial charge in [0.25, 0.3) is 0 Å². The maximum atomic E-state index is 6.19. The first-order valence-corrected chi connectivity index (χ1v) is 8.50. The summed E-state index contributed by atoms with van der Waals surface area (Å²) in [7, 11) is 0. The highest BCUT2D eigenvalue weighted by atomic mass is 79.9. The van der Waals surface area contributed by atoms with E-state index in [0.717, 1.165) is 11.4 Å². The van der Waals surface area contributed by atoms with Crippen molar-refractivity contribution >= 4 is 27.5 Å². The molecule has 0 amide bonds. The molecule has 104 valence electrons. The van der Waals surface area contributed by atoms with Gasteiger partial charge in [-0.25, -0.2) is 0 Å². The normalized spacial score (nSPS) is 29.2. The molecule has 0 aliphatic heterocycles. The van der Waals surface area contributed by atoms with Gasteiger partial charge in [-0.1, -0.05) is 58.9 Å². The Hall–Kier alpha value is -0.0500. The average Bonchev–Trinajstić information content (AvgIpc) is 2.44. The highest BCUT2D eigenvalue weighted by Crippen LogP contribution is 2.56. The Bertz CT molecular complexity index is 442. The quantitative estimate of drug-likeness (QED) is 0.673. The van der Waals surface area contributed by atoms with Crippen LogP contribution in [0.15, 0.2) is 24.3 Å². The minimum atomic E-state index is 0.414. The summed E-state index contributed by atoms with van der Waals surface area (Å²) in [4.78, 5) is 0.657. The van der Waals surface area contributed by atoms with Crippen molar-refractivity contribution in [1.82, 2.24) is 0 Å². The minimum absolute atomic E-state index is 0.414. The first-order valence-electron chi connectivity index (χ1n) is 7.21. The molecule has 1 spiro atoms. The lowest BCUT2D eigenvalue weighted by atomic mass is 9.58. The third-order valence-electron chi connectivity index (χ3n) is 4.81. The van der Waals surface area contributed by atoms with Crippen molar-refractivity contribution in [2.45, 2.75) is 56.1 Å². The van der Waals surface area contributed by atoms with Crippen molar-refractivity contribution in [3.05, 3.63) is 34.9 Å². The standard InChI is InChI=1S/C16H20BrClO/c17-14-10-15(16(14)7-2-1-3-8-16)19-11-12-5-4-6-13(18)9-12/h4-6,9,14-15H,1-3,7-8,10-11H2. The summed E-state index contributed by atoms with van der Waals surface area (Å²) in [5.74, 6) is 0. The molecule has 1 aromatic rings. The van der Waals surface area contributed by atoms with Crippen LogP contribution < -0.4 is 0 Å². The van der Waals surface area contributed by atoms with Crippen molar-refractivity contribution in [1.29, 1.82) is 0 Å². The molecule has 2 fully saturated rings. The van der Waals surface area contributed by atoms with Gasteiger partial charge in [-0.15, -0.1) is 0 Å². The molecule has 19 heavy (non-hydrogen) atoms. The van der Waals surface area contributed by atoms with E-state index in [4.69, 9.17) is 16.3 Å². The molecule has 0 N–H and O–H groups in total. The van der Waals surface area contributed by atoms with Crippen LogP contribution in [0.5, 0.6) is 0 Å². The summed E-state index contributed by atoms with van der Waals surface area (Å²) in [6, 6.07) is 7.99. The zero-order valence-electron chi connectivity index (χ0n) is 11.1. The van der Waals surface area contributed by atoms with Gasteiger partial charge in [0.2, 0.25) is 0 Å². The SMILES string of the molecule is Clc1cccc(COC2CC(Br)C23CCCCC3)c1. The molecular weight excluding hydrogens is 324 g/mol. The average molecular weight is 344 g/mol. The molecule has 3 heteroatoms. The monoisotopic (exact) mass is 342 g/mol. The topological polar surface area (TPSA) is 9.23 Å². The summed E-state index contributed by atoms with van der Waals surface area (Å²) in [5.41, 5.74) is 1.59. The molecular formula is C16H20BrClO. The lowest BCUT2D eigenvalue weighted by Crippen LogP contribution is -2.56. The summed E-state index contributed by atoms with van der Waals surface area (Å²) in [6.07, 6.45) is 8.34. The highest BCUT2D eigenvalue weighted by molar-refractivity contribution is 9.09. The molecule has 2 aliphatic carbocycles. The van der Waals surface area contributed by atoms with Gasteiger partial charge in [0.1, 0.15) is 0 Å². The molecule has 2 unspecified atom stereocenters. The number of rotatable bonds is 3. The highest BCUT2D eigenvalue weighted by Gasteiger charge is 2.54. The van der Waals surface area contributed by atoms with Crippen LogP contribution in [0.1, 0.15) is 44.1 Å². The first kappa shape index (κ1) is 13.9. The number of alkyl halides is 1. The smallest absolute Gasteiger partial charge is 0.0721 e. The van der Waals surface area contributed by atoms with Crippen LogP contribution in [0.3, 0.4) is 0 Å². The second-order valence-electron chi connectivity index (χ2n) is 5.93. The fourth-order valence-corrected chi connectivity index (χ4v) is 4.91. The van der Waals surface area contributed by atoms with E-state index in [1.54, 1.807) is 0 Å². The van der Waals surface area contributed by atoms with E-state index in [-0.39, 0.29) is 0 Å². The summed E-state index contributed by atoms with van der Waals surface area (Å²) in [5, 5.41) is 0.792. The van der Waals surface area contributed by atoms with E-state index in [2.05, 4.69) is 22.0 Å². The number of halogens is 2. The van der Waals surface area contributed by atoms with Gasteiger partial charge in [-0.3, -0.25) is 0 Å². The van der Waals surface area contributed by atoms with Gasteiger partial charge in [0.05, 0.1) is 12.7 Å². The van der Waals surface area contributed by atoms with Crippen LogP contribution in [-0.2, 0) is 11.3 Å². The number of benzene rings is 1. The van der Waals surface area contributed by atoms with Crippen molar-refractivity contribution in [3.8, 4) is 0 Å². The Morgan fingerprint density at radius 1 is 1.26 bits per heavy atom. The Labute approximate surface area is 128 Å². The fourth-order valence-electron chi connectivity index (χ4n) is 3.60. The van der Waals surface area contributed by atoms with Gasteiger partial charge in [-0.05, 0) is 37.0 Å². The zero-order valence-corrected chi connectivity index (χ0v) is 13.4. The summed E-state index contributed by atoms with van der Waals surface area (Å²) >= 11 is 9.87. The zero-order chi connectivity index (χ0) is 13.3. The second-order valence-corrected chi connectivity index (χ2v) is 7.47. The van der Waals surface area contributed by atoms with E-state index < -0.39 is 0 Å². The number of hydrogen-bond acceptors (Lipinski definition) is 1. The predicted molar refractivity (Wildman–Crippen MR) is 82.9 cm³/mol. The van der Waals surface area contributed by atoms with E-state index in [9.17, 15) is 0 Å². The largest absolute Gasteiger partial charge is 0.373 e. The summed E-state index contributed by atoms with van der Waals surface area (Å²) < 4.78 is 6.19. The molecule has 0 saturated heterocycles. The van der Waals surface area contributed by atoms with Crippen LogP contribution in [0.25, 0.3) is 0 Å². The molecule has 0 heterocycles. The Morgan fingerprint density at radius 3 is 2.74 bits per heavy atom. The maximum Gasteiger partial charge on any atom is 0.0721 e. The summed E-state index contributed by atoms with van der Waals surface area (Å²) in [6.45, 7) is 0.687. The third-order valence-corrected chi connectivity index (χ3v) is 6.33. The Kier molecular flexibility index (Phi) is 4.21. The molecule has 0 aromatic heterocycles. The molecule has 2 saturated carbocycles. The molecule has 1 nitrogen and oxygen atoms in total. The van der Waals surface area contributed by atoms with E-state index in [0.29, 0.717) is 23.0 Å². The molecule has 0 radical (unpaired) electrons. The second kappa shape index (κ2) is 5.75. The number of ether oxygens (including phenoxy) is 1. The van der Waals surface area contributed by atoms with Crippen molar-refractivity contribution in [2.75, 3.05) is 0 Å². The molecule has 2 atom stereocenters. The molecule has 2 aliphatic rings. The maximum absolute atomic E-state index is 6.19. The van der Waals surface area contributed by atoms with Gasteiger partial charge in [0, 0.05) is 15.3 Å². The van der Waals surface area contributed by atoms with E-state index >= 15 is 0 Å². The minimum Gasteiger partial charge on any atom is -0.373 e. The fraction of sp³-hybridized carbons (Fsp3) is 0.625. The van der Waals surface area contributed by atoms with Crippen molar-refractivity contribution < 1.29 is 4.74 Å². The van der Waals surface area contributed by atoms with Crippen LogP contribution in [0.4, 0.5) is 0 Å². The molecule has 1 aromatic carbocycles. The van der Waals surface area contributed by atoms with Crippen LogP contribution in [-0.4, -0.2) is 10.9 Å². The molecule has 0 bridgehead atoms. The lowest BCUT2D eigenvalue weighted by Gasteiger charge is -2.55. The molecule has 3 rings (SSSR count). The van der Waals surface area contributed by atoms with Gasteiger partial charge in [0.15, 0.2) is 0 Å². The Balaban J connectivity index is 1.61. The van der Waals surface area contributed by atoms with Gasteiger partial charge < -0.3 is 4.74 Å². The van der Waals surface area contributed by atoms with Crippen LogP contribution in [0, 0.1) is 5.41 Å². The van der Waals surface area contributed by atoms with Crippen molar-refractivity contribution in [2.24, 2.45) is 5.41 Å². The lowest BCUT2D eigenvalue weighted by molar-refractivity contribution is -0.127. The van der Waals surface area contributed by atoms with Crippen LogP contribution in [0.2, 0.25) is 5.02 Å². The van der Waals surface area contributed by atoms with Crippen molar-refractivity contribution in [3.63, 3.8) is 0 Å². The van der Waals surface area contributed by atoms with E-state index in [1.165, 1.54) is 37.7 Å². The van der Waals surface area contributed by atoms with Gasteiger partial charge in [-0.2, -0.15) is 0 Å². The third kappa shape index (κ3) is 2.72. The van der Waals surface area contributed by atoms with Crippen LogP contribution >= 0.6 is 27.5 Å². The number of hydrogen-bond donors (Lipinski definition) is 0. The first-order chi connectivity index (χ1) is 9.21. The van der Waals surface area contributed by atoms with Gasteiger partial charge >= 0.3 is 0 Å². The van der Waals surface area contributed by atoms with E-state index in [1.807, 2.05) is 18.2 Å². The Morgan fingerprint density at radius 2 is 2.05 bits per heavy atom. The predicted octanol–water partition coefficient (Wildman–Crippen LogP) is 5.34.